The number of benzene rings is 1. The fraction of sp³-hybridized carbons (Fsp3) is 0.333. The van der Waals surface area contributed by atoms with E-state index in [1.165, 1.54) is 0 Å². The number of Topliss-reactive ketones (excluding diaryl/α,β-unsaturated/α-hetero) is 1. The first-order valence-electron chi connectivity index (χ1n) is 10.5. The van der Waals surface area contributed by atoms with Gasteiger partial charge in [-0.15, -0.1) is 5.10 Å². The quantitative estimate of drug-likeness (QED) is 0.667. The monoisotopic (exact) mass is 431 g/mol. The van der Waals surface area contributed by atoms with Gasteiger partial charge in [-0.3, -0.25) is 9.78 Å². The number of carbonyl (C=O) groups is 1. The van der Waals surface area contributed by atoms with E-state index in [0.717, 1.165) is 23.2 Å². The van der Waals surface area contributed by atoms with Crippen molar-refractivity contribution in [3.8, 4) is 22.9 Å². The van der Waals surface area contributed by atoms with Gasteiger partial charge in [0, 0.05) is 47.3 Å². The zero-order valence-corrected chi connectivity index (χ0v) is 18.5. The van der Waals surface area contributed by atoms with E-state index in [4.69, 9.17) is 19.6 Å². The van der Waals surface area contributed by atoms with Crippen molar-refractivity contribution in [2.45, 2.75) is 32.7 Å². The maximum Gasteiger partial charge on any atom is 0.226 e. The highest BCUT2D eigenvalue weighted by molar-refractivity contribution is 6.00. The molecule has 32 heavy (non-hydrogen) atoms. The van der Waals surface area contributed by atoms with Crippen LogP contribution in [-0.4, -0.2) is 39.8 Å². The number of hydrogen-bond donors (Lipinski definition) is 1. The van der Waals surface area contributed by atoms with Gasteiger partial charge in [0.2, 0.25) is 5.95 Å². The largest absolute Gasteiger partial charge is 0.497 e. The van der Waals surface area contributed by atoms with Crippen molar-refractivity contribution in [3.05, 3.63) is 59.6 Å². The highest BCUT2D eigenvalue weighted by Crippen LogP contribution is 2.47. The van der Waals surface area contributed by atoms with E-state index in [1.807, 2.05) is 30.3 Å². The molecule has 2 aliphatic rings. The van der Waals surface area contributed by atoms with Crippen LogP contribution in [0.4, 0.5) is 5.95 Å². The standard InChI is InChI=1S/C24H25N5O3/c1-24(2)12-17-20(18(30)13-24)21(16-6-5-15(31-3)11-19(16)32-4)29-23(26-17)27-22(28-29)14-7-9-25-10-8-14/h5-11,21H,12-13H2,1-4H3,(H,26,27,28). The first kappa shape index (κ1) is 20.2. The number of ketones is 1. The van der Waals surface area contributed by atoms with Gasteiger partial charge < -0.3 is 14.8 Å². The van der Waals surface area contributed by atoms with Crippen LogP contribution in [0.1, 0.15) is 38.3 Å². The molecule has 8 heteroatoms. The number of anilines is 1. The Bertz CT molecular complexity index is 1230. The van der Waals surface area contributed by atoms with E-state index in [1.54, 1.807) is 31.3 Å². The van der Waals surface area contributed by atoms with Gasteiger partial charge in [0.25, 0.3) is 0 Å². The van der Waals surface area contributed by atoms with Crippen LogP contribution in [0.5, 0.6) is 11.5 Å². The van der Waals surface area contributed by atoms with E-state index in [9.17, 15) is 4.79 Å². The minimum absolute atomic E-state index is 0.109. The van der Waals surface area contributed by atoms with Crippen molar-refractivity contribution in [2.75, 3.05) is 19.5 Å². The molecule has 0 fully saturated rings. The summed E-state index contributed by atoms with van der Waals surface area (Å²) < 4.78 is 12.9. The van der Waals surface area contributed by atoms with Crippen LogP contribution >= 0.6 is 0 Å². The number of nitrogens with one attached hydrogen (secondary N) is 1. The van der Waals surface area contributed by atoms with E-state index in [0.29, 0.717) is 35.3 Å². The molecular formula is C24H25N5O3. The van der Waals surface area contributed by atoms with Crippen LogP contribution in [0.3, 0.4) is 0 Å². The number of pyridine rings is 1. The summed E-state index contributed by atoms with van der Waals surface area (Å²) in [5, 5.41) is 8.20. The Morgan fingerprint density at radius 1 is 1.09 bits per heavy atom. The lowest BCUT2D eigenvalue weighted by molar-refractivity contribution is -0.118. The predicted molar refractivity (Wildman–Crippen MR) is 120 cm³/mol. The number of rotatable bonds is 4. The molecule has 3 aromatic rings. The minimum Gasteiger partial charge on any atom is -0.497 e. The lowest BCUT2D eigenvalue weighted by Gasteiger charge is -2.38. The van der Waals surface area contributed by atoms with Crippen molar-refractivity contribution in [1.29, 1.82) is 0 Å². The summed E-state index contributed by atoms with van der Waals surface area (Å²) in [6.07, 6.45) is 4.65. The summed E-state index contributed by atoms with van der Waals surface area (Å²) in [7, 11) is 3.23. The molecule has 1 aromatic carbocycles. The zero-order chi connectivity index (χ0) is 22.5. The van der Waals surface area contributed by atoms with Crippen LogP contribution in [0.15, 0.2) is 54.0 Å². The summed E-state index contributed by atoms with van der Waals surface area (Å²) in [4.78, 5) is 22.2. The average Bonchev–Trinajstić information content (AvgIpc) is 3.21. The zero-order valence-electron chi connectivity index (χ0n) is 18.5. The first-order chi connectivity index (χ1) is 15.4. The van der Waals surface area contributed by atoms with Crippen LogP contribution in [0.25, 0.3) is 11.4 Å². The van der Waals surface area contributed by atoms with Crippen molar-refractivity contribution >= 4 is 11.7 Å². The van der Waals surface area contributed by atoms with E-state index in [2.05, 4.69) is 24.1 Å². The number of hydrogen-bond acceptors (Lipinski definition) is 7. The third-order valence-corrected chi connectivity index (χ3v) is 6.01. The number of aromatic nitrogens is 4. The van der Waals surface area contributed by atoms with Gasteiger partial charge in [-0.2, -0.15) is 4.98 Å². The Kier molecular flexibility index (Phi) is 4.73. The predicted octanol–water partition coefficient (Wildman–Crippen LogP) is 4.02. The second-order valence-electron chi connectivity index (χ2n) is 8.91. The molecule has 3 heterocycles. The van der Waals surface area contributed by atoms with Crippen molar-refractivity contribution < 1.29 is 14.3 Å². The van der Waals surface area contributed by atoms with Gasteiger partial charge in [0.05, 0.1) is 14.2 Å². The van der Waals surface area contributed by atoms with Gasteiger partial charge in [-0.25, -0.2) is 4.68 Å². The third kappa shape index (κ3) is 3.32. The number of ether oxygens (including phenoxy) is 2. The van der Waals surface area contributed by atoms with Gasteiger partial charge in [-0.05, 0) is 36.1 Å². The fourth-order valence-corrected chi connectivity index (χ4v) is 4.56. The molecule has 0 amide bonds. The smallest absolute Gasteiger partial charge is 0.226 e. The maximum atomic E-state index is 13.4. The lowest BCUT2D eigenvalue weighted by Crippen LogP contribution is -2.36. The summed E-state index contributed by atoms with van der Waals surface area (Å²) in [6, 6.07) is 8.92. The molecular weight excluding hydrogens is 406 g/mol. The molecule has 0 spiro atoms. The van der Waals surface area contributed by atoms with E-state index >= 15 is 0 Å². The Balaban J connectivity index is 1.72. The van der Waals surface area contributed by atoms with Crippen LogP contribution < -0.4 is 14.8 Å². The van der Waals surface area contributed by atoms with Gasteiger partial charge in [0.1, 0.15) is 17.5 Å². The summed E-state index contributed by atoms with van der Waals surface area (Å²) in [5.74, 6) is 2.59. The lowest BCUT2D eigenvalue weighted by atomic mass is 9.73. The molecule has 0 saturated heterocycles. The Morgan fingerprint density at radius 2 is 1.88 bits per heavy atom. The number of methoxy groups -OCH3 is 2. The minimum atomic E-state index is -0.450. The third-order valence-electron chi connectivity index (χ3n) is 6.01. The molecule has 1 aliphatic carbocycles. The molecule has 1 N–H and O–H groups in total. The Hall–Kier alpha value is -3.68. The van der Waals surface area contributed by atoms with Crippen molar-refractivity contribution in [1.82, 2.24) is 19.7 Å². The van der Waals surface area contributed by atoms with Crippen LogP contribution in [0, 0.1) is 5.41 Å². The maximum absolute atomic E-state index is 13.4. The fourth-order valence-electron chi connectivity index (χ4n) is 4.56. The number of carbonyl (C=O) groups excluding carboxylic acids is 1. The molecule has 0 radical (unpaired) electrons. The summed E-state index contributed by atoms with van der Waals surface area (Å²) in [6.45, 7) is 4.22. The van der Waals surface area contributed by atoms with E-state index < -0.39 is 6.04 Å². The highest BCUT2D eigenvalue weighted by Gasteiger charge is 2.42. The van der Waals surface area contributed by atoms with Crippen LogP contribution in [-0.2, 0) is 4.79 Å². The molecule has 5 rings (SSSR count). The molecule has 2 aromatic heterocycles. The van der Waals surface area contributed by atoms with Crippen LogP contribution in [0.2, 0.25) is 0 Å². The molecule has 1 atom stereocenters. The summed E-state index contributed by atoms with van der Waals surface area (Å²) in [5.41, 5.74) is 3.17. The second kappa shape index (κ2) is 7.47. The molecule has 164 valence electrons. The molecule has 0 saturated carbocycles. The van der Waals surface area contributed by atoms with E-state index in [-0.39, 0.29) is 11.2 Å². The summed E-state index contributed by atoms with van der Waals surface area (Å²) >= 11 is 0. The Labute approximate surface area is 186 Å². The number of nitrogens with zero attached hydrogens (tertiary/aromatic N) is 4. The second-order valence-corrected chi connectivity index (χ2v) is 8.91. The van der Waals surface area contributed by atoms with Gasteiger partial charge in [0.15, 0.2) is 11.6 Å². The van der Waals surface area contributed by atoms with Crippen molar-refractivity contribution in [3.63, 3.8) is 0 Å². The Morgan fingerprint density at radius 3 is 2.59 bits per heavy atom. The molecule has 8 nitrogen and oxygen atoms in total. The van der Waals surface area contributed by atoms with Gasteiger partial charge in [-0.1, -0.05) is 13.8 Å². The SMILES string of the molecule is COc1ccc(C2C3=C(CC(C)(C)CC3=O)Nc3nc(-c4ccncc4)nn32)c(OC)c1. The topological polar surface area (TPSA) is 91.2 Å². The van der Waals surface area contributed by atoms with Crippen molar-refractivity contribution in [2.24, 2.45) is 5.41 Å². The first-order valence-corrected chi connectivity index (χ1v) is 10.5. The normalized spacial score (nSPS) is 19.1. The molecule has 0 bridgehead atoms. The average molecular weight is 431 g/mol. The molecule has 1 aliphatic heterocycles. The van der Waals surface area contributed by atoms with Gasteiger partial charge >= 0.3 is 0 Å². The highest BCUT2D eigenvalue weighted by atomic mass is 16.5. The number of allylic oxidation sites excluding steroid dienone is 2. The number of fused-ring (bicyclic) bond motifs is 1. The molecule has 1 unspecified atom stereocenters.